The first-order chi connectivity index (χ1) is 2.50. The molecule has 0 amide bonds. The third-order valence-electron chi connectivity index (χ3n) is 0.293. The van der Waals surface area contributed by atoms with E-state index in [0.29, 0.717) is 6.67 Å². The van der Waals surface area contributed by atoms with Gasteiger partial charge < -0.3 is 0 Å². The molecule has 0 aliphatic carbocycles. The predicted molar refractivity (Wildman–Crippen MR) is 43.6 cm³/mol. The zero-order valence-corrected chi connectivity index (χ0v) is 7.39. The molecule has 0 aromatic rings. The Bertz CT molecular complexity index is 70.6. The van der Waals surface area contributed by atoms with Crippen LogP contribution in [0.2, 0.25) is 0 Å². The molecule has 1 heterocycles. The molecule has 1 rings (SSSR count). The predicted octanol–water partition coefficient (Wildman–Crippen LogP) is 2.46. The first kappa shape index (κ1) is 22.8. The van der Waals surface area contributed by atoms with Crippen molar-refractivity contribution in [2.45, 2.75) is 0 Å². The Morgan fingerprint density at radius 3 is 1.11 bits per heavy atom. The highest BCUT2D eigenvalue weighted by atomic mass is 35.5. The lowest BCUT2D eigenvalue weighted by molar-refractivity contribution is 1.05. The van der Waals surface area contributed by atoms with E-state index in [2.05, 4.69) is 20.7 Å². The summed E-state index contributed by atoms with van der Waals surface area (Å²) in [7, 11) is 0. The Morgan fingerprint density at radius 1 is 0.667 bits per heavy atom. The molecule has 0 aromatic heterocycles. The van der Waals surface area contributed by atoms with Crippen molar-refractivity contribution in [1.82, 2.24) is 0 Å². The Morgan fingerprint density at radius 2 is 1.00 bits per heavy atom. The molecule has 0 spiro atoms. The first-order valence-corrected chi connectivity index (χ1v) is 1.23. The van der Waals surface area contributed by atoms with Crippen molar-refractivity contribution in [2.24, 2.45) is 20.7 Å². The summed E-state index contributed by atoms with van der Waals surface area (Å²) in [6.07, 6.45) is 0. The standard InChI is InChI=1S/CH2N4.4ClH/c1-2-4-5-3-1;;;;/h1H2;4*1H. The fraction of sp³-hybridized carbons (Fsp3) is 1.00. The number of nitrogens with zero attached hydrogens (tertiary/aromatic N) is 4. The molecule has 0 atom stereocenters. The molecule has 0 N–H and O–H groups in total. The van der Waals surface area contributed by atoms with Crippen LogP contribution in [0, 0.1) is 0 Å². The van der Waals surface area contributed by atoms with Crippen LogP contribution in [0.4, 0.5) is 0 Å². The second kappa shape index (κ2) is 15.8. The van der Waals surface area contributed by atoms with E-state index in [-0.39, 0.29) is 49.6 Å². The van der Waals surface area contributed by atoms with E-state index >= 15 is 0 Å². The molecule has 58 valence electrons. The van der Waals surface area contributed by atoms with Crippen LogP contribution in [0.5, 0.6) is 0 Å². The highest BCUT2D eigenvalue weighted by molar-refractivity contribution is 5.86. The lowest BCUT2D eigenvalue weighted by Crippen LogP contribution is -1.52. The van der Waals surface area contributed by atoms with Gasteiger partial charge in [0, 0.05) is 0 Å². The van der Waals surface area contributed by atoms with E-state index < -0.39 is 0 Å². The van der Waals surface area contributed by atoms with Crippen LogP contribution < -0.4 is 0 Å². The summed E-state index contributed by atoms with van der Waals surface area (Å²) in [5.74, 6) is 0. The average molecular weight is 216 g/mol. The maximum atomic E-state index is 3.38. The largest absolute Gasteiger partial charge is 0.175 e. The molecular weight excluding hydrogens is 210 g/mol. The molecule has 0 saturated carbocycles. The van der Waals surface area contributed by atoms with Crippen LogP contribution >= 0.6 is 49.6 Å². The monoisotopic (exact) mass is 214 g/mol. The van der Waals surface area contributed by atoms with Crippen molar-refractivity contribution in [1.29, 1.82) is 0 Å². The maximum absolute atomic E-state index is 3.38. The van der Waals surface area contributed by atoms with E-state index in [4.69, 9.17) is 0 Å². The quantitative estimate of drug-likeness (QED) is 0.597. The highest BCUT2D eigenvalue weighted by Gasteiger charge is 1.76. The van der Waals surface area contributed by atoms with Crippen molar-refractivity contribution in [3.8, 4) is 0 Å². The Balaban J connectivity index is -0.0000000312. The van der Waals surface area contributed by atoms with Gasteiger partial charge in [-0.05, 0) is 10.4 Å². The molecule has 1 aliphatic heterocycles. The minimum Gasteiger partial charge on any atom is -0.147 e. The maximum Gasteiger partial charge on any atom is 0.175 e. The molecule has 0 saturated heterocycles. The topological polar surface area (TPSA) is 49.4 Å². The number of rotatable bonds is 0. The van der Waals surface area contributed by atoms with E-state index in [9.17, 15) is 0 Å². The second-order valence-corrected chi connectivity index (χ2v) is 0.603. The number of hydrogen-bond acceptors (Lipinski definition) is 4. The average Bonchev–Trinajstić information content (AvgIpc) is 1.76. The summed E-state index contributed by atoms with van der Waals surface area (Å²) >= 11 is 0. The summed E-state index contributed by atoms with van der Waals surface area (Å²) in [6.45, 7) is 0.417. The summed E-state index contributed by atoms with van der Waals surface area (Å²) in [5, 5.41) is 13.1. The molecule has 0 bridgehead atoms. The van der Waals surface area contributed by atoms with E-state index in [0.717, 1.165) is 0 Å². The molecule has 0 radical (unpaired) electrons. The molecule has 1 aliphatic rings. The lowest BCUT2D eigenvalue weighted by Gasteiger charge is -1.52. The van der Waals surface area contributed by atoms with E-state index in [1.54, 1.807) is 0 Å². The highest BCUT2D eigenvalue weighted by Crippen LogP contribution is 1.87. The second-order valence-electron chi connectivity index (χ2n) is 0.603. The van der Waals surface area contributed by atoms with Crippen molar-refractivity contribution >= 4 is 49.6 Å². The zero-order valence-electron chi connectivity index (χ0n) is 4.13. The third kappa shape index (κ3) is 11.8. The Kier molecular flexibility index (Phi) is 39.9. The van der Waals surface area contributed by atoms with Crippen molar-refractivity contribution < 1.29 is 0 Å². The van der Waals surface area contributed by atoms with Crippen LogP contribution in [-0.2, 0) is 0 Å². The van der Waals surface area contributed by atoms with Gasteiger partial charge in [-0.25, -0.2) is 0 Å². The molecule has 8 heteroatoms. The van der Waals surface area contributed by atoms with Gasteiger partial charge in [0.1, 0.15) is 0 Å². The lowest BCUT2D eigenvalue weighted by atomic mass is 11.2. The van der Waals surface area contributed by atoms with Crippen molar-refractivity contribution in [3.05, 3.63) is 0 Å². The van der Waals surface area contributed by atoms with E-state index in [1.807, 2.05) is 0 Å². The summed E-state index contributed by atoms with van der Waals surface area (Å²) in [5.41, 5.74) is 0. The Labute approximate surface area is 77.2 Å². The molecule has 0 fully saturated rings. The van der Waals surface area contributed by atoms with Crippen LogP contribution in [0.25, 0.3) is 0 Å². The minimum absolute atomic E-state index is 0. The Hall–Kier alpha value is 0.360. The summed E-state index contributed by atoms with van der Waals surface area (Å²) in [6, 6.07) is 0. The minimum atomic E-state index is 0. The molecule has 9 heavy (non-hydrogen) atoms. The fourth-order valence-corrected chi connectivity index (χ4v) is 0.141. The molecular formula is CH6Cl4N4. The van der Waals surface area contributed by atoms with E-state index in [1.165, 1.54) is 0 Å². The van der Waals surface area contributed by atoms with Gasteiger partial charge in [-0.15, -0.1) is 59.9 Å². The third-order valence-corrected chi connectivity index (χ3v) is 0.293. The van der Waals surface area contributed by atoms with Gasteiger partial charge in [-0.2, -0.15) is 0 Å². The zero-order chi connectivity index (χ0) is 3.54. The van der Waals surface area contributed by atoms with Gasteiger partial charge in [0.15, 0.2) is 6.67 Å². The normalized spacial score (nSPS) is 9.78. The summed E-state index contributed by atoms with van der Waals surface area (Å²) in [4.78, 5) is 0. The smallest absolute Gasteiger partial charge is 0.147 e. The molecule has 0 aromatic carbocycles. The van der Waals surface area contributed by atoms with Gasteiger partial charge in [0.25, 0.3) is 0 Å². The van der Waals surface area contributed by atoms with Gasteiger partial charge in [0.05, 0.1) is 0 Å². The van der Waals surface area contributed by atoms with Crippen molar-refractivity contribution in [2.75, 3.05) is 6.67 Å². The molecule has 0 unspecified atom stereocenters. The van der Waals surface area contributed by atoms with Crippen molar-refractivity contribution in [3.63, 3.8) is 0 Å². The van der Waals surface area contributed by atoms with Gasteiger partial charge >= 0.3 is 0 Å². The van der Waals surface area contributed by atoms with Crippen LogP contribution in [0.3, 0.4) is 0 Å². The SMILES string of the molecule is C1N=NN=N1.Cl.Cl.Cl.Cl. The van der Waals surface area contributed by atoms with Gasteiger partial charge in [-0.3, -0.25) is 0 Å². The van der Waals surface area contributed by atoms with Gasteiger partial charge in [-0.1, -0.05) is 0 Å². The fourth-order valence-electron chi connectivity index (χ4n) is 0.141. The van der Waals surface area contributed by atoms with Crippen LogP contribution in [0.15, 0.2) is 20.7 Å². The van der Waals surface area contributed by atoms with Gasteiger partial charge in [0.2, 0.25) is 0 Å². The summed E-state index contributed by atoms with van der Waals surface area (Å²) < 4.78 is 0. The van der Waals surface area contributed by atoms with Crippen LogP contribution in [0.1, 0.15) is 0 Å². The number of hydrogen-bond donors (Lipinski definition) is 0. The first-order valence-electron chi connectivity index (χ1n) is 1.23. The molecule has 4 nitrogen and oxygen atoms in total. The number of halogens is 4. The van der Waals surface area contributed by atoms with Crippen LogP contribution in [-0.4, -0.2) is 6.67 Å².